The summed E-state index contributed by atoms with van der Waals surface area (Å²) in [6, 6.07) is 0. The summed E-state index contributed by atoms with van der Waals surface area (Å²) in [6.07, 6.45) is 7.42. The molecule has 0 aromatic carbocycles. The third-order valence-electron chi connectivity index (χ3n) is 1.70. The molecule has 0 bridgehead atoms. The third kappa shape index (κ3) is 3.34. The second-order valence-electron chi connectivity index (χ2n) is 2.71. The molecule has 0 spiro atoms. The fraction of sp³-hybridized carbons (Fsp3) is 0.444. The Hall–Kier alpha value is -1.09. The number of allylic oxidation sites excluding steroid dienone is 2. The van der Waals surface area contributed by atoms with E-state index >= 15 is 0 Å². The van der Waals surface area contributed by atoms with Crippen molar-refractivity contribution in [1.82, 2.24) is 0 Å². The molecule has 12 heavy (non-hydrogen) atoms. The van der Waals surface area contributed by atoms with Crippen molar-refractivity contribution in [3.8, 4) is 0 Å². The second-order valence-corrected chi connectivity index (χ2v) is 2.71. The first-order valence-electron chi connectivity index (χ1n) is 3.94. The van der Waals surface area contributed by atoms with Gasteiger partial charge in [-0.1, -0.05) is 18.2 Å². The van der Waals surface area contributed by atoms with Gasteiger partial charge in [-0.05, 0) is 6.42 Å². The molecular formula is C9H12O3. The highest BCUT2D eigenvalue weighted by molar-refractivity contribution is 5.80. The van der Waals surface area contributed by atoms with Crippen LogP contribution in [0.5, 0.6) is 0 Å². The van der Waals surface area contributed by atoms with Gasteiger partial charge >= 0.3 is 5.97 Å². The molecule has 3 heteroatoms. The van der Waals surface area contributed by atoms with Crippen molar-refractivity contribution < 1.29 is 14.6 Å². The lowest BCUT2D eigenvalue weighted by molar-refractivity contribution is -0.131. The molecule has 1 saturated heterocycles. The van der Waals surface area contributed by atoms with Crippen LogP contribution in [0.2, 0.25) is 0 Å². The van der Waals surface area contributed by atoms with Gasteiger partial charge in [0.15, 0.2) is 0 Å². The number of hydrogen-bond acceptors (Lipinski definition) is 2. The van der Waals surface area contributed by atoms with Crippen LogP contribution in [0.1, 0.15) is 6.42 Å². The number of ether oxygens (including phenoxy) is 1. The van der Waals surface area contributed by atoms with Gasteiger partial charge in [0.2, 0.25) is 0 Å². The molecule has 0 aromatic heterocycles. The Bertz CT molecular complexity index is 200. The molecule has 0 aromatic rings. The van der Waals surface area contributed by atoms with Crippen molar-refractivity contribution in [3.05, 3.63) is 24.3 Å². The van der Waals surface area contributed by atoms with Gasteiger partial charge in [-0.3, -0.25) is 0 Å². The molecule has 0 saturated carbocycles. The van der Waals surface area contributed by atoms with Gasteiger partial charge in [-0.25, -0.2) is 4.79 Å². The van der Waals surface area contributed by atoms with Crippen LogP contribution >= 0.6 is 0 Å². The molecule has 66 valence electrons. The van der Waals surface area contributed by atoms with E-state index in [1.54, 1.807) is 6.08 Å². The van der Waals surface area contributed by atoms with Crippen molar-refractivity contribution in [2.24, 2.45) is 5.92 Å². The maximum atomic E-state index is 10.1. The monoisotopic (exact) mass is 168 g/mol. The van der Waals surface area contributed by atoms with Crippen molar-refractivity contribution in [2.75, 3.05) is 13.2 Å². The number of carboxylic acid groups (broad SMARTS) is 1. The van der Waals surface area contributed by atoms with Gasteiger partial charge in [0, 0.05) is 18.6 Å². The van der Waals surface area contributed by atoms with Gasteiger partial charge in [0.05, 0.1) is 6.61 Å². The number of carboxylic acids is 1. The van der Waals surface area contributed by atoms with E-state index in [2.05, 4.69) is 0 Å². The summed E-state index contributed by atoms with van der Waals surface area (Å²) < 4.78 is 5.14. The Labute approximate surface area is 71.3 Å². The summed E-state index contributed by atoms with van der Waals surface area (Å²) in [5.74, 6) is -0.453. The first-order valence-corrected chi connectivity index (χ1v) is 3.94. The van der Waals surface area contributed by atoms with Crippen molar-refractivity contribution in [1.29, 1.82) is 0 Å². The standard InChI is InChI=1S/C9H12O3/c10-9(11)4-2-1-3-8-5-6-12-7-8/h1-4,8H,5-7H2,(H,10,11)/b3-1+,4-2+. The lowest BCUT2D eigenvalue weighted by Gasteiger charge is -1.94. The highest BCUT2D eigenvalue weighted by atomic mass is 16.5. The maximum Gasteiger partial charge on any atom is 0.328 e. The van der Waals surface area contributed by atoms with Crippen LogP contribution in [-0.2, 0) is 9.53 Å². The molecule has 1 aliphatic heterocycles. The first kappa shape index (κ1) is 9.00. The van der Waals surface area contributed by atoms with E-state index in [1.807, 2.05) is 6.08 Å². The largest absolute Gasteiger partial charge is 0.478 e. The number of aliphatic carboxylic acids is 1. The molecule has 1 atom stereocenters. The Morgan fingerprint density at radius 1 is 1.50 bits per heavy atom. The topological polar surface area (TPSA) is 46.5 Å². The Balaban J connectivity index is 2.24. The molecule has 1 rings (SSSR count). The summed E-state index contributed by atoms with van der Waals surface area (Å²) in [6.45, 7) is 1.58. The predicted octanol–water partition coefficient (Wildman–Crippen LogP) is 1.22. The van der Waals surface area contributed by atoms with Gasteiger partial charge in [0.25, 0.3) is 0 Å². The van der Waals surface area contributed by atoms with Crippen molar-refractivity contribution in [2.45, 2.75) is 6.42 Å². The minimum atomic E-state index is -0.915. The first-order chi connectivity index (χ1) is 5.79. The average molecular weight is 168 g/mol. The van der Waals surface area contributed by atoms with E-state index < -0.39 is 5.97 Å². The zero-order valence-electron chi connectivity index (χ0n) is 6.77. The van der Waals surface area contributed by atoms with Gasteiger partial charge in [0.1, 0.15) is 0 Å². The van der Waals surface area contributed by atoms with Crippen LogP contribution in [0.15, 0.2) is 24.3 Å². The van der Waals surface area contributed by atoms with Crippen LogP contribution in [0.3, 0.4) is 0 Å². The quantitative estimate of drug-likeness (QED) is 0.509. The second kappa shape index (κ2) is 4.72. The SMILES string of the molecule is O=C(O)/C=C/C=C/C1CCOC1. The number of carbonyl (C=O) groups is 1. The molecule has 1 N–H and O–H groups in total. The van der Waals surface area contributed by atoms with Crippen molar-refractivity contribution in [3.63, 3.8) is 0 Å². The molecule has 1 heterocycles. The van der Waals surface area contributed by atoms with E-state index in [4.69, 9.17) is 9.84 Å². The van der Waals surface area contributed by atoms with Crippen molar-refractivity contribution >= 4 is 5.97 Å². The van der Waals surface area contributed by atoms with Gasteiger partial charge < -0.3 is 9.84 Å². The molecule has 3 nitrogen and oxygen atoms in total. The Morgan fingerprint density at radius 2 is 2.33 bits per heavy atom. The number of rotatable bonds is 3. The summed E-state index contributed by atoms with van der Waals surface area (Å²) in [4.78, 5) is 10.1. The van der Waals surface area contributed by atoms with Gasteiger partial charge in [-0.2, -0.15) is 0 Å². The average Bonchev–Trinajstić information content (AvgIpc) is 2.49. The summed E-state index contributed by atoms with van der Waals surface area (Å²) in [5.41, 5.74) is 0. The molecule has 1 aliphatic rings. The summed E-state index contributed by atoms with van der Waals surface area (Å²) in [7, 11) is 0. The molecule has 0 amide bonds. The smallest absolute Gasteiger partial charge is 0.328 e. The van der Waals surface area contributed by atoms with E-state index in [1.165, 1.54) is 6.08 Å². The maximum absolute atomic E-state index is 10.1. The highest BCUT2D eigenvalue weighted by Gasteiger charge is 2.10. The zero-order chi connectivity index (χ0) is 8.81. The van der Waals surface area contributed by atoms with Crippen LogP contribution < -0.4 is 0 Å². The fourth-order valence-electron chi connectivity index (χ4n) is 1.06. The van der Waals surface area contributed by atoms with Crippen LogP contribution in [0.4, 0.5) is 0 Å². The lowest BCUT2D eigenvalue weighted by Crippen LogP contribution is -1.92. The molecule has 1 fully saturated rings. The minimum absolute atomic E-state index is 0.462. The van der Waals surface area contributed by atoms with E-state index in [0.717, 1.165) is 25.7 Å². The molecule has 1 unspecified atom stereocenters. The predicted molar refractivity (Wildman–Crippen MR) is 44.8 cm³/mol. The molecule has 0 radical (unpaired) electrons. The van der Waals surface area contributed by atoms with Crippen LogP contribution in [0.25, 0.3) is 0 Å². The lowest BCUT2D eigenvalue weighted by atomic mass is 10.1. The Morgan fingerprint density at radius 3 is 2.92 bits per heavy atom. The van der Waals surface area contributed by atoms with Crippen LogP contribution in [0, 0.1) is 5.92 Å². The number of hydrogen-bond donors (Lipinski definition) is 1. The Kier molecular flexibility index (Phi) is 3.54. The van der Waals surface area contributed by atoms with E-state index in [0.29, 0.717) is 5.92 Å². The minimum Gasteiger partial charge on any atom is -0.478 e. The molecule has 0 aliphatic carbocycles. The summed E-state index contributed by atoms with van der Waals surface area (Å²) >= 11 is 0. The van der Waals surface area contributed by atoms with Crippen LogP contribution in [-0.4, -0.2) is 24.3 Å². The van der Waals surface area contributed by atoms with Gasteiger partial charge in [-0.15, -0.1) is 0 Å². The summed E-state index contributed by atoms with van der Waals surface area (Å²) in [5, 5.41) is 8.26. The van der Waals surface area contributed by atoms with E-state index in [-0.39, 0.29) is 0 Å². The third-order valence-corrected chi connectivity index (χ3v) is 1.70. The molecular weight excluding hydrogens is 156 g/mol. The fourth-order valence-corrected chi connectivity index (χ4v) is 1.06. The van der Waals surface area contributed by atoms with E-state index in [9.17, 15) is 4.79 Å². The zero-order valence-corrected chi connectivity index (χ0v) is 6.77. The highest BCUT2D eigenvalue weighted by Crippen LogP contribution is 2.12. The normalized spacial score (nSPS) is 24.2.